The van der Waals surface area contributed by atoms with Crippen molar-refractivity contribution in [1.82, 2.24) is 10.6 Å². The van der Waals surface area contributed by atoms with Gasteiger partial charge >= 0.3 is 11.9 Å². The molecule has 0 amide bonds. The molecule has 7 nitrogen and oxygen atoms in total. The largest absolute Gasteiger partial charge is 0.460 e. The molecular weight excluding hydrogens is 574 g/mol. The van der Waals surface area contributed by atoms with Crippen LogP contribution in [0.25, 0.3) is 0 Å². The van der Waals surface area contributed by atoms with Gasteiger partial charge in [0.15, 0.2) is 0 Å². The Morgan fingerprint density at radius 1 is 0.804 bits per heavy atom. The molecule has 46 heavy (non-hydrogen) atoms. The predicted octanol–water partition coefficient (Wildman–Crippen LogP) is 5.95. The van der Waals surface area contributed by atoms with E-state index in [0.29, 0.717) is 32.6 Å². The average molecular weight is 619 g/mol. The number of piperazine rings is 1. The van der Waals surface area contributed by atoms with Crippen LogP contribution in [0.2, 0.25) is 0 Å². The lowest BCUT2D eigenvalue weighted by atomic mass is 9.80. The first-order chi connectivity index (χ1) is 22.2. The minimum atomic E-state index is -0.726. The summed E-state index contributed by atoms with van der Waals surface area (Å²) in [6.45, 7) is 12.4. The molecule has 0 radical (unpaired) electrons. The number of carbonyl (C=O) groups excluding carboxylic acids is 2. The zero-order valence-corrected chi connectivity index (χ0v) is 27.4. The normalized spacial score (nSPS) is 18.5. The van der Waals surface area contributed by atoms with Gasteiger partial charge < -0.3 is 20.1 Å². The topological polar surface area (TPSA) is 76.7 Å². The fraction of sp³-hybridized carbons (Fsp3) is 0.333. The van der Waals surface area contributed by atoms with Crippen LogP contribution >= 0.6 is 0 Å². The lowest BCUT2D eigenvalue weighted by Gasteiger charge is -2.50. The minimum absolute atomic E-state index is 0.0614. The molecule has 3 aromatic carbocycles. The molecule has 0 spiro atoms. The molecular formula is C39H44N3O4+. The van der Waals surface area contributed by atoms with Gasteiger partial charge in [0.2, 0.25) is 6.23 Å². The van der Waals surface area contributed by atoms with Crippen molar-refractivity contribution in [3.63, 3.8) is 0 Å². The van der Waals surface area contributed by atoms with Crippen LogP contribution in [-0.4, -0.2) is 54.9 Å². The van der Waals surface area contributed by atoms with E-state index >= 15 is 0 Å². The van der Waals surface area contributed by atoms with Crippen LogP contribution in [0.3, 0.4) is 0 Å². The number of terminal acetylenes is 1. The van der Waals surface area contributed by atoms with Crippen LogP contribution < -0.4 is 10.6 Å². The van der Waals surface area contributed by atoms with E-state index in [4.69, 9.17) is 15.9 Å². The van der Waals surface area contributed by atoms with Gasteiger partial charge in [0.1, 0.15) is 6.04 Å². The summed E-state index contributed by atoms with van der Waals surface area (Å²) < 4.78 is 12.8. The number of dihydropyridines is 1. The molecule has 1 saturated heterocycles. The number of quaternary nitrogens is 1. The molecule has 0 aromatic heterocycles. The predicted molar refractivity (Wildman–Crippen MR) is 180 cm³/mol. The summed E-state index contributed by atoms with van der Waals surface area (Å²) in [4.78, 5) is 28.2. The highest BCUT2D eigenvalue weighted by molar-refractivity contribution is 6.00. The van der Waals surface area contributed by atoms with Gasteiger partial charge in [-0.2, -0.15) is 0 Å². The third-order valence-corrected chi connectivity index (χ3v) is 9.09. The van der Waals surface area contributed by atoms with Gasteiger partial charge in [-0.3, -0.25) is 4.48 Å². The van der Waals surface area contributed by atoms with Gasteiger partial charge in [-0.15, -0.1) is 6.42 Å². The van der Waals surface area contributed by atoms with Crippen LogP contribution in [0.4, 0.5) is 0 Å². The van der Waals surface area contributed by atoms with Crippen LogP contribution in [0.15, 0.2) is 107 Å². The Kier molecular flexibility index (Phi) is 10.1. The van der Waals surface area contributed by atoms with Crippen molar-refractivity contribution >= 4 is 11.9 Å². The van der Waals surface area contributed by atoms with E-state index in [2.05, 4.69) is 65.1 Å². The van der Waals surface area contributed by atoms with E-state index in [9.17, 15) is 9.59 Å². The van der Waals surface area contributed by atoms with Gasteiger partial charge in [-0.05, 0) is 45.4 Å². The highest BCUT2D eigenvalue weighted by Crippen LogP contribution is 2.42. The number of hydrogen-bond donors (Lipinski definition) is 2. The number of benzene rings is 3. The number of ether oxygens (including phenoxy) is 2. The maximum Gasteiger partial charge on any atom is 0.341 e. The second-order valence-electron chi connectivity index (χ2n) is 12.4. The molecule has 238 valence electrons. The standard InChI is InChI=1S/C39H43N3O4/c1-7-30-15-14-20-33(25-30)36-34(38(43)45-26(2)3)27(4)41-28(5)35(36)39(44)46-29(6)42(23-21-40-22-24-42)37(31-16-10-8-11-17-31)32-18-12-9-13-19-32/h1,8-20,25-26,29,36-37,40H,21-24H2,2-6H3/p+1. The van der Waals surface area contributed by atoms with Gasteiger partial charge in [-0.25, -0.2) is 9.59 Å². The highest BCUT2D eigenvalue weighted by atomic mass is 16.6. The summed E-state index contributed by atoms with van der Waals surface area (Å²) in [6, 6.07) is 28.3. The van der Waals surface area contributed by atoms with Crippen molar-refractivity contribution < 1.29 is 23.5 Å². The van der Waals surface area contributed by atoms with Crippen LogP contribution in [0, 0.1) is 12.3 Å². The van der Waals surface area contributed by atoms with Gasteiger partial charge in [0.25, 0.3) is 0 Å². The Balaban J connectivity index is 1.58. The monoisotopic (exact) mass is 618 g/mol. The third kappa shape index (κ3) is 6.64. The minimum Gasteiger partial charge on any atom is -0.460 e. The number of esters is 2. The van der Waals surface area contributed by atoms with Crippen molar-refractivity contribution in [2.24, 2.45) is 0 Å². The SMILES string of the molecule is C#Cc1cccc(C2C(C(=O)OC(C)C)=C(C)NC(C)=C2C(=O)OC(C)[N+]2(C(c3ccccc3)c3ccccc3)CCNCC2)c1. The number of allylic oxidation sites excluding steroid dienone is 2. The Morgan fingerprint density at radius 3 is 1.87 bits per heavy atom. The fourth-order valence-corrected chi connectivity index (χ4v) is 6.98. The summed E-state index contributed by atoms with van der Waals surface area (Å²) in [5.74, 6) is 0.993. The van der Waals surface area contributed by atoms with E-state index in [-0.39, 0.29) is 12.1 Å². The number of carbonyl (C=O) groups is 2. The quantitative estimate of drug-likeness (QED) is 0.175. The Hall–Kier alpha value is -4.64. The number of hydrogen-bond acceptors (Lipinski definition) is 6. The number of rotatable bonds is 9. The second-order valence-corrected chi connectivity index (χ2v) is 12.4. The smallest absolute Gasteiger partial charge is 0.341 e. The zero-order chi connectivity index (χ0) is 32.8. The molecule has 0 saturated carbocycles. The van der Waals surface area contributed by atoms with E-state index in [1.807, 2.05) is 71.0 Å². The van der Waals surface area contributed by atoms with E-state index in [1.165, 1.54) is 0 Å². The molecule has 2 unspecified atom stereocenters. The summed E-state index contributed by atoms with van der Waals surface area (Å²) in [7, 11) is 0. The zero-order valence-electron chi connectivity index (χ0n) is 27.4. The van der Waals surface area contributed by atoms with Crippen molar-refractivity contribution in [2.45, 2.75) is 58.9 Å². The van der Waals surface area contributed by atoms with Crippen LogP contribution in [0.5, 0.6) is 0 Å². The summed E-state index contributed by atoms with van der Waals surface area (Å²) in [5.41, 5.74) is 5.69. The molecule has 2 atom stereocenters. The molecule has 2 aliphatic rings. The first-order valence-corrected chi connectivity index (χ1v) is 16.0. The molecule has 7 heteroatoms. The summed E-state index contributed by atoms with van der Waals surface area (Å²) in [5, 5.41) is 6.79. The van der Waals surface area contributed by atoms with E-state index in [1.54, 1.807) is 0 Å². The van der Waals surface area contributed by atoms with Gasteiger partial charge in [-0.1, -0.05) is 78.7 Å². The Morgan fingerprint density at radius 2 is 1.35 bits per heavy atom. The molecule has 0 bridgehead atoms. The molecule has 5 rings (SSSR count). The summed E-state index contributed by atoms with van der Waals surface area (Å²) in [6.07, 6.45) is 4.92. The maximum absolute atomic E-state index is 14.6. The maximum atomic E-state index is 14.6. The van der Waals surface area contributed by atoms with Crippen molar-refractivity contribution in [3.8, 4) is 12.3 Å². The third-order valence-electron chi connectivity index (χ3n) is 9.09. The van der Waals surface area contributed by atoms with Gasteiger partial charge in [0.05, 0.1) is 36.3 Å². The molecule has 1 fully saturated rings. The second kappa shape index (κ2) is 14.2. The van der Waals surface area contributed by atoms with Crippen LogP contribution in [-0.2, 0) is 19.1 Å². The van der Waals surface area contributed by atoms with Gasteiger partial charge in [0, 0.05) is 48.1 Å². The van der Waals surface area contributed by atoms with E-state index < -0.39 is 24.1 Å². The van der Waals surface area contributed by atoms with Crippen LogP contribution in [0.1, 0.15) is 68.8 Å². The molecule has 2 aliphatic heterocycles. The average Bonchev–Trinajstić information content (AvgIpc) is 3.05. The Labute approximate surface area is 272 Å². The first kappa shape index (κ1) is 32.7. The molecule has 2 N–H and O–H groups in total. The molecule has 2 heterocycles. The van der Waals surface area contributed by atoms with Crippen molar-refractivity contribution in [2.75, 3.05) is 26.2 Å². The first-order valence-electron chi connectivity index (χ1n) is 16.0. The van der Waals surface area contributed by atoms with Crippen molar-refractivity contribution in [1.29, 1.82) is 0 Å². The van der Waals surface area contributed by atoms with E-state index in [0.717, 1.165) is 42.9 Å². The highest BCUT2D eigenvalue weighted by Gasteiger charge is 2.48. The fourth-order valence-electron chi connectivity index (χ4n) is 6.98. The molecule has 0 aliphatic carbocycles. The number of nitrogens with zero attached hydrogens (tertiary/aromatic N) is 1. The lowest BCUT2D eigenvalue weighted by molar-refractivity contribution is -0.990. The molecule has 3 aromatic rings. The van der Waals surface area contributed by atoms with Crippen molar-refractivity contribution in [3.05, 3.63) is 130 Å². The Bertz CT molecular complexity index is 1620. The summed E-state index contributed by atoms with van der Waals surface area (Å²) >= 11 is 0. The number of nitrogens with one attached hydrogen (secondary N) is 2. The lowest BCUT2D eigenvalue weighted by Crippen LogP contribution is -2.65.